The van der Waals surface area contributed by atoms with Gasteiger partial charge in [0.1, 0.15) is 17.6 Å². The number of Topliss-reactive ketones (excluding diaryl/α,β-unsaturated/α-hetero) is 2. The van der Waals surface area contributed by atoms with Crippen molar-refractivity contribution in [1.29, 1.82) is 0 Å². The van der Waals surface area contributed by atoms with Crippen LogP contribution in [0.2, 0.25) is 10.0 Å². The minimum absolute atomic E-state index is 0.0911. The molecular formula is C24H24Cl2O3. The van der Waals surface area contributed by atoms with Gasteiger partial charge in [-0.15, -0.1) is 0 Å². The molecule has 0 saturated carbocycles. The van der Waals surface area contributed by atoms with Crippen LogP contribution in [0.1, 0.15) is 56.2 Å². The Kier molecular flexibility index (Phi) is 5.35. The highest BCUT2D eigenvalue weighted by molar-refractivity contribution is 6.36. The molecule has 2 aromatic rings. The molecule has 5 heteroatoms. The predicted octanol–water partition coefficient (Wildman–Crippen LogP) is 5.96. The fourth-order valence-corrected chi connectivity index (χ4v) is 5.25. The number of ketones is 2. The fraction of sp³-hybridized carbons (Fsp3) is 0.417. The maximum absolute atomic E-state index is 13.3. The number of fused-ring (bicyclic) bond motifs is 2. The Morgan fingerprint density at radius 2 is 1.72 bits per heavy atom. The number of benzene rings is 2. The van der Waals surface area contributed by atoms with E-state index in [0.717, 1.165) is 40.7 Å². The molecular weight excluding hydrogens is 407 g/mol. The molecule has 3 nitrogen and oxygen atoms in total. The molecule has 2 aliphatic rings. The zero-order valence-corrected chi connectivity index (χ0v) is 18.4. The lowest BCUT2D eigenvalue weighted by Gasteiger charge is -2.35. The number of carbonyl (C=O) groups is 2. The van der Waals surface area contributed by atoms with Crippen LogP contribution >= 0.6 is 23.2 Å². The van der Waals surface area contributed by atoms with E-state index < -0.39 is 17.6 Å². The van der Waals surface area contributed by atoms with Gasteiger partial charge in [-0.05, 0) is 67.0 Å². The van der Waals surface area contributed by atoms with Crippen LogP contribution in [0.5, 0.6) is 0 Å². The first-order chi connectivity index (χ1) is 13.8. The van der Waals surface area contributed by atoms with Crippen LogP contribution in [0.4, 0.5) is 0 Å². The molecule has 152 valence electrons. The second-order valence-corrected chi connectivity index (χ2v) is 8.96. The first-order valence-corrected chi connectivity index (χ1v) is 10.9. The van der Waals surface area contributed by atoms with Crippen LogP contribution in [0.3, 0.4) is 0 Å². The molecule has 29 heavy (non-hydrogen) atoms. The quantitative estimate of drug-likeness (QED) is 0.562. The SMILES string of the molecule is CCc1cc(-c2ccc(Cl)cc2Cl)cc(CC)c1C1C(=O)[C@@H]2CC[C@@](C)(O2)C1=O. The summed E-state index contributed by atoms with van der Waals surface area (Å²) in [5, 5.41) is 1.17. The molecule has 2 bridgehead atoms. The van der Waals surface area contributed by atoms with Crippen LogP contribution < -0.4 is 0 Å². The summed E-state index contributed by atoms with van der Waals surface area (Å²) in [6.07, 6.45) is 2.21. The predicted molar refractivity (Wildman–Crippen MR) is 116 cm³/mol. The third-order valence-corrected chi connectivity index (χ3v) is 6.86. The lowest BCUT2D eigenvalue weighted by molar-refractivity contribution is -0.160. The zero-order valence-electron chi connectivity index (χ0n) is 16.9. The van der Waals surface area contributed by atoms with Crippen LogP contribution in [-0.2, 0) is 27.2 Å². The molecule has 0 aromatic heterocycles. The highest BCUT2D eigenvalue weighted by Crippen LogP contribution is 2.45. The van der Waals surface area contributed by atoms with Crippen LogP contribution in [0.15, 0.2) is 30.3 Å². The monoisotopic (exact) mass is 430 g/mol. The number of rotatable bonds is 4. The largest absolute Gasteiger partial charge is 0.356 e. The Morgan fingerprint density at radius 1 is 1.07 bits per heavy atom. The van der Waals surface area contributed by atoms with Gasteiger partial charge in [0.15, 0.2) is 11.6 Å². The van der Waals surface area contributed by atoms with E-state index in [4.69, 9.17) is 27.9 Å². The molecule has 0 spiro atoms. The van der Waals surface area contributed by atoms with Crippen molar-refractivity contribution in [3.05, 3.63) is 57.1 Å². The minimum Gasteiger partial charge on any atom is -0.356 e. The number of hydrogen-bond acceptors (Lipinski definition) is 3. The molecule has 2 aromatic carbocycles. The summed E-state index contributed by atoms with van der Waals surface area (Å²) in [6, 6.07) is 9.57. The summed E-state index contributed by atoms with van der Waals surface area (Å²) in [6.45, 7) is 5.93. The van der Waals surface area contributed by atoms with Gasteiger partial charge < -0.3 is 4.74 Å². The van der Waals surface area contributed by atoms with E-state index in [0.29, 0.717) is 22.9 Å². The van der Waals surface area contributed by atoms with Gasteiger partial charge >= 0.3 is 0 Å². The van der Waals surface area contributed by atoms with Gasteiger partial charge in [0.05, 0.1) is 0 Å². The van der Waals surface area contributed by atoms with Gasteiger partial charge in [0.2, 0.25) is 0 Å². The molecule has 2 heterocycles. The summed E-state index contributed by atoms with van der Waals surface area (Å²) in [7, 11) is 0. The Bertz CT molecular complexity index is 988. The van der Waals surface area contributed by atoms with Gasteiger partial charge in [-0.1, -0.05) is 55.2 Å². The Hall–Kier alpha value is -1.68. The average Bonchev–Trinajstić information content (AvgIpc) is 3.07. The number of carbonyl (C=O) groups excluding carboxylic acids is 2. The fourth-order valence-electron chi connectivity index (χ4n) is 4.73. The minimum atomic E-state index is -0.850. The molecule has 0 radical (unpaired) electrons. The van der Waals surface area contributed by atoms with Crippen LogP contribution in [0, 0.1) is 0 Å². The van der Waals surface area contributed by atoms with Crippen molar-refractivity contribution >= 4 is 34.8 Å². The molecule has 4 rings (SSSR count). The van der Waals surface area contributed by atoms with Crippen molar-refractivity contribution < 1.29 is 14.3 Å². The van der Waals surface area contributed by atoms with Crippen molar-refractivity contribution in [2.75, 3.05) is 0 Å². The molecule has 2 fully saturated rings. The van der Waals surface area contributed by atoms with Gasteiger partial charge in [0, 0.05) is 15.6 Å². The standard InChI is InChI=1S/C24H24Cl2O3/c1-4-13-10-15(17-7-6-16(25)12-18(17)26)11-14(5-2)20(13)21-22(27)19-8-9-24(3,29-19)23(21)28/h6-7,10-12,19,21H,4-5,8-9H2,1-3H3/t19-,21?,24+/m0/s1. The number of aryl methyl sites for hydroxylation is 2. The van der Waals surface area contributed by atoms with Crippen molar-refractivity contribution in [1.82, 2.24) is 0 Å². The third-order valence-electron chi connectivity index (χ3n) is 6.32. The summed E-state index contributed by atoms with van der Waals surface area (Å²) >= 11 is 12.5. The number of ether oxygens (including phenoxy) is 1. The van der Waals surface area contributed by atoms with E-state index in [1.165, 1.54) is 0 Å². The summed E-state index contributed by atoms with van der Waals surface area (Å²) in [5.74, 6) is -0.925. The van der Waals surface area contributed by atoms with Gasteiger partial charge in [-0.3, -0.25) is 9.59 Å². The number of hydrogen-bond donors (Lipinski definition) is 0. The smallest absolute Gasteiger partial charge is 0.179 e. The Balaban J connectivity index is 1.88. The first kappa shape index (κ1) is 20.6. The summed E-state index contributed by atoms with van der Waals surface area (Å²) in [5.41, 5.74) is 3.93. The molecule has 2 saturated heterocycles. The van der Waals surface area contributed by atoms with E-state index in [-0.39, 0.29) is 11.6 Å². The van der Waals surface area contributed by atoms with Gasteiger partial charge in [-0.25, -0.2) is 0 Å². The molecule has 3 atom stereocenters. The second-order valence-electron chi connectivity index (χ2n) is 8.12. The lowest BCUT2D eigenvalue weighted by Crippen LogP contribution is -2.49. The third kappa shape index (κ3) is 3.34. The second kappa shape index (κ2) is 7.54. The average molecular weight is 431 g/mol. The topological polar surface area (TPSA) is 43.4 Å². The van der Waals surface area contributed by atoms with E-state index >= 15 is 0 Å². The molecule has 1 unspecified atom stereocenters. The summed E-state index contributed by atoms with van der Waals surface area (Å²) in [4.78, 5) is 26.5. The maximum atomic E-state index is 13.3. The van der Waals surface area contributed by atoms with E-state index in [2.05, 4.69) is 26.0 Å². The molecule has 0 amide bonds. The van der Waals surface area contributed by atoms with Crippen molar-refractivity contribution in [3.8, 4) is 11.1 Å². The van der Waals surface area contributed by atoms with Crippen LogP contribution in [0.25, 0.3) is 11.1 Å². The van der Waals surface area contributed by atoms with Crippen molar-refractivity contribution in [2.45, 2.75) is 64.1 Å². The van der Waals surface area contributed by atoms with Gasteiger partial charge in [0.25, 0.3) is 0 Å². The van der Waals surface area contributed by atoms with Crippen molar-refractivity contribution in [2.24, 2.45) is 0 Å². The van der Waals surface area contributed by atoms with Crippen molar-refractivity contribution in [3.63, 3.8) is 0 Å². The van der Waals surface area contributed by atoms with E-state index in [9.17, 15) is 9.59 Å². The number of halogens is 2. The van der Waals surface area contributed by atoms with E-state index in [1.807, 2.05) is 19.1 Å². The van der Waals surface area contributed by atoms with E-state index in [1.54, 1.807) is 6.07 Å². The molecule has 2 aliphatic heterocycles. The summed E-state index contributed by atoms with van der Waals surface area (Å²) < 4.78 is 5.80. The van der Waals surface area contributed by atoms with Crippen LogP contribution in [-0.4, -0.2) is 23.3 Å². The molecule has 0 aliphatic carbocycles. The zero-order chi connectivity index (χ0) is 20.9. The highest BCUT2D eigenvalue weighted by atomic mass is 35.5. The normalized spacial score (nSPS) is 26.2. The highest BCUT2D eigenvalue weighted by Gasteiger charge is 2.56. The first-order valence-electron chi connectivity index (χ1n) is 10.2. The lowest BCUT2D eigenvalue weighted by atomic mass is 9.76. The maximum Gasteiger partial charge on any atom is 0.179 e. The Morgan fingerprint density at radius 3 is 2.31 bits per heavy atom. The Labute approximate surface area is 181 Å². The van der Waals surface area contributed by atoms with Gasteiger partial charge in [-0.2, -0.15) is 0 Å². The molecule has 0 N–H and O–H groups in total.